The summed E-state index contributed by atoms with van der Waals surface area (Å²) in [6.07, 6.45) is 22.6. The van der Waals surface area contributed by atoms with Gasteiger partial charge in [-0.25, -0.2) is 4.98 Å². The minimum Gasteiger partial charge on any atom is -0.503 e. The van der Waals surface area contributed by atoms with Crippen LogP contribution in [0.25, 0.3) is 49.7 Å². The standard InChI is InChI=1S/C54H39B2N8O.Pt/c1-61-48-22-5-3-20-46(48)60-54(61)64-47-21-4-2-15-40(47)41-26-25-39(36-51(41)64)65-52-35-38(27-34-59-52)62-37-63(50-24-7-6-23-49(50)62)53-42(44-18-13-32-57-30-10-8-28-55-44)16-12-17-43(53)45-19-14-33-58-31-11-9-29-56-45;/h2-34,37,57-58H,1H3;/q-3;/b28-8-,29-9-,30-10-,31-11-,32-13-,33-14-,44-18-,45-19-;/i1D3,2D,4D,15D,21D,27D,34D;. The number of para-hydroxylation sites is 6. The number of aryl methyl sites for hydroxylation is 1. The van der Waals surface area contributed by atoms with Crippen molar-refractivity contribution in [3.63, 3.8) is 0 Å². The molecule has 6 heterocycles. The smallest absolute Gasteiger partial charge is 0.213 e. The quantitative estimate of drug-likeness (QED) is 0.122. The van der Waals surface area contributed by atoms with Crippen molar-refractivity contribution in [3.8, 4) is 17.6 Å². The van der Waals surface area contributed by atoms with Crippen molar-refractivity contribution in [1.29, 1.82) is 0 Å². The molecule has 0 atom stereocenters. The summed E-state index contributed by atoms with van der Waals surface area (Å²) in [6, 6.07) is 28.1. The molecule has 66 heavy (non-hydrogen) atoms. The Kier molecular flexibility index (Phi) is 9.34. The van der Waals surface area contributed by atoms with Crippen LogP contribution in [0, 0.1) is 18.8 Å². The fourth-order valence-corrected chi connectivity index (χ4v) is 8.01. The van der Waals surface area contributed by atoms with Crippen LogP contribution in [0.15, 0.2) is 201 Å². The normalized spacial score (nSPS) is 21.1. The number of nitrogens with one attached hydrogen (secondary N) is 2. The van der Waals surface area contributed by atoms with Crippen molar-refractivity contribution in [3.05, 3.63) is 231 Å². The third-order valence-electron chi connectivity index (χ3n) is 10.9. The number of hydrogen-bond acceptors (Lipinski definition) is 7. The average Bonchev–Trinajstić information content (AvgIpc) is 4.09. The van der Waals surface area contributed by atoms with Gasteiger partial charge in [0.25, 0.3) is 0 Å². The number of allylic oxidation sites excluding steroid dienone is 8. The number of anilines is 4. The van der Waals surface area contributed by atoms with Gasteiger partial charge in [-0.3, -0.25) is 4.98 Å². The second-order valence-electron chi connectivity index (χ2n) is 14.8. The van der Waals surface area contributed by atoms with E-state index in [0.717, 1.165) is 38.0 Å². The summed E-state index contributed by atoms with van der Waals surface area (Å²) in [5, 5.41) is 6.76. The van der Waals surface area contributed by atoms with Crippen LogP contribution in [-0.4, -0.2) is 33.7 Å². The van der Waals surface area contributed by atoms with E-state index in [1.807, 2.05) is 137 Å². The number of fused-ring (bicyclic) bond motifs is 5. The number of ether oxygens (including phenoxy) is 1. The molecule has 9 nitrogen and oxygen atoms in total. The number of imidazole rings is 1. The molecule has 0 spiro atoms. The number of benzene rings is 5. The van der Waals surface area contributed by atoms with Crippen molar-refractivity contribution < 1.29 is 38.1 Å². The first-order valence-electron chi connectivity index (χ1n) is 25.2. The zero-order valence-corrected chi connectivity index (χ0v) is 37.0. The Labute approximate surface area is 412 Å². The Bertz CT molecular complexity index is 3790. The van der Waals surface area contributed by atoms with Gasteiger partial charge in [0.2, 0.25) is 5.95 Å². The Hall–Kier alpha value is -7.74. The van der Waals surface area contributed by atoms with Crippen molar-refractivity contribution in [2.75, 3.05) is 9.80 Å². The average molecular weight is 1040 g/mol. The van der Waals surface area contributed by atoms with E-state index in [2.05, 4.69) is 44.8 Å². The molecule has 0 unspecified atom stereocenters. The van der Waals surface area contributed by atoms with Gasteiger partial charge in [-0.15, -0.1) is 36.1 Å². The van der Waals surface area contributed by atoms with Gasteiger partial charge in [-0.2, -0.15) is 23.9 Å². The molecule has 0 bridgehead atoms. The zero-order chi connectivity index (χ0) is 51.3. The van der Waals surface area contributed by atoms with Gasteiger partial charge in [0.15, 0.2) is 14.6 Å². The molecule has 0 saturated heterocycles. The predicted molar refractivity (Wildman–Crippen MR) is 267 cm³/mol. The van der Waals surface area contributed by atoms with E-state index in [1.165, 1.54) is 10.6 Å². The Morgan fingerprint density at radius 3 is 2.15 bits per heavy atom. The molecule has 5 aromatic carbocycles. The first-order valence-corrected chi connectivity index (χ1v) is 20.7. The van der Waals surface area contributed by atoms with Gasteiger partial charge in [0.05, 0.1) is 17.9 Å². The van der Waals surface area contributed by atoms with Crippen LogP contribution in [0.1, 0.15) is 23.5 Å². The monoisotopic (exact) mass is 1040 g/mol. The Morgan fingerprint density at radius 1 is 0.697 bits per heavy atom. The molecule has 11 rings (SSSR count). The molecule has 320 valence electrons. The summed E-state index contributed by atoms with van der Waals surface area (Å²) in [5.41, 5.74) is 6.81. The van der Waals surface area contributed by atoms with Crippen LogP contribution < -0.4 is 25.2 Å². The second kappa shape index (κ2) is 18.8. The number of pyridine rings is 1. The summed E-state index contributed by atoms with van der Waals surface area (Å²) in [4.78, 5) is 12.9. The van der Waals surface area contributed by atoms with E-state index in [0.29, 0.717) is 16.6 Å². The van der Waals surface area contributed by atoms with E-state index in [9.17, 15) is 1.37 Å². The van der Waals surface area contributed by atoms with Crippen molar-refractivity contribution in [2.24, 2.45) is 6.98 Å². The van der Waals surface area contributed by atoms with E-state index in [1.54, 1.807) is 35.2 Å². The number of hydrogen-bond donors (Lipinski definition) is 2. The van der Waals surface area contributed by atoms with Gasteiger partial charge >= 0.3 is 0 Å². The summed E-state index contributed by atoms with van der Waals surface area (Å²) >= 11 is 0. The summed E-state index contributed by atoms with van der Waals surface area (Å²) in [6.45, 7) is -0.907. The summed E-state index contributed by atoms with van der Waals surface area (Å²) < 4.78 is 88.1. The van der Waals surface area contributed by atoms with E-state index in [-0.39, 0.29) is 78.4 Å². The predicted octanol–water partition coefficient (Wildman–Crippen LogP) is 11.2. The first-order chi connectivity index (χ1) is 35.9. The van der Waals surface area contributed by atoms with Gasteiger partial charge in [0, 0.05) is 85.3 Å². The van der Waals surface area contributed by atoms with Crippen LogP contribution in [-0.2, 0) is 28.0 Å². The van der Waals surface area contributed by atoms with E-state index >= 15 is 0 Å². The molecule has 0 amide bonds. The van der Waals surface area contributed by atoms with Crippen molar-refractivity contribution >= 4 is 81.1 Å². The molecule has 3 aromatic heterocycles. The molecular formula is C54H39B2N8OPt-3. The van der Waals surface area contributed by atoms with Gasteiger partial charge in [-0.1, -0.05) is 103 Å². The maximum absolute atomic E-state index is 9.27. The number of nitrogens with zero attached hydrogens (tertiary/aromatic N) is 6. The largest absolute Gasteiger partial charge is 0.503 e. The zero-order valence-electron chi connectivity index (χ0n) is 43.7. The summed E-state index contributed by atoms with van der Waals surface area (Å²) in [7, 11) is 4.09. The third kappa shape index (κ3) is 8.03. The second-order valence-corrected chi connectivity index (χ2v) is 14.8. The van der Waals surface area contributed by atoms with Crippen LogP contribution in [0.3, 0.4) is 0 Å². The first kappa shape index (κ1) is 32.8. The van der Waals surface area contributed by atoms with Crippen LogP contribution in [0.2, 0.25) is 0 Å². The number of aromatic nitrogens is 4. The fraction of sp³-hybridized carbons (Fsp3) is 0.0185. The molecular weight excluding hydrogens is 993 g/mol. The van der Waals surface area contributed by atoms with Gasteiger partial charge in [-0.05, 0) is 77.3 Å². The van der Waals surface area contributed by atoms with Crippen LogP contribution >= 0.6 is 0 Å². The van der Waals surface area contributed by atoms with Gasteiger partial charge in [0.1, 0.15) is 5.88 Å². The molecule has 2 radical (unpaired) electrons. The topological polar surface area (TPSA) is 75.4 Å². The van der Waals surface area contributed by atoms with Crippen molar-refractivity contribution in [1.82, 2.24) is 29.7 Å². The Morgan fingerprint density at radius 2 is 1.39 bits per heavy atom. The molecule has 3 aliphatic heterocycles. The fourth-order valence-electron chi connectivity index (χ4n) is 8.01. The minimum atomic E-state index is -2.77. The van der Waals surface area contributed by atoms with Crippen LogP contribution in [0.4, 0.5) is 22.7 Å². The van der Waals surface area contributed by atoms with E-state index < -0.39 is 31.3 Å². The number of rotatable bonds is 7. The van der Waals surface area contributed by atoms with Gasteiger partial charge < -0.3 is 34.3 Å². The molecule has 0 aliphatic carbocycles. The maximum Gasteiger partial charge on any atom is 0.213 e. The minimum absolute atomic E-state index is 0. The molecule has 3 aliphatic rings. The SMILES string of the molecule is [2H]c1nc(Oc2[c-]c3c(cc2)c2c([2H])c([2H])c([2H])c([2H])c2n3-c2nc3ccccc3n2C([2H])([2H])[2H])[c-]c(N2[CH-]N(c3c(/C4=C/C=C\N/C=C\C=C/[B]4)cccc3/C3=C/C=C\N/C=C\C=C/[B]3)c3ccccc32)c1[2H].[Pt]. The Balaban J connectivity index is 0.00000641. The maximum atomic E-state index is 9.27. The van der Waals surface area contributed by atoms with E-state index in [4.69, 9.17) is 20.7 Å². The molecule has 12 heteroatoms. The third-order valence-corrected chi connectivity index (χ3v) is 10.9. The summed E-state index contributed by atoms with van der Waals surface area (Å²) in [5.74, 6) is 3.66. The van der Waals surface area contributed by atoms with Crippen molar-refractivity contribution in [2.45, 2.75) is 0 Å². The van der Waals surface area contributed by atoms with Crippen LogP contribution in [0.5, 0.6) is 11.6 Å². The molecule has 0 fully saturated rings. The molecule has 0 saturated carbocycles. The molecule has 8 aromatic rings. The molecule has 2 N–H and O–H groups in total.